The molecule has 194 valence electrons. The molecule has 0 saturated heterocycles. The number of rotatable bonds is 6. The van der Waals surface area contributed by atoms with E-state index in [2.05, 4.69) is 5.32 Å². The molecule has 2 aromatic rings. The highest BCUT2D eigenvalue weighted by Gasteiger charge is 2.22. The van der Waals surface area contributed by atoms with Gasteiger partial charge in [-0.3, -0.25) is 0 Å². The average Bonchev–Trinajstić information content (AvgIpc) is 2.65. The first-order valence-corrected chi connectivity index (χ1v) is 11.0. The SMILES string of the molecule is CC(C)(C)OC(=O)c1ccc(F)cc1F.COC[C@H](C)Nc1cc(F)ccc1C(=O)OC(C)(C)C. The maximum atomic E-state index is 13.4. The van der Waals surface area contributed by atoms with Crippen LogP contribution in [0.5, 0.6) is 0 Å². The molecule has 0 amide bonds. The predicted molar refractivity (Wildman–Crippen MR) is 128 cm³/mol. The zero-order chi connectivity index (χ0) is 27.0. The summed E-state index contributed by atoms with van der Waals surface area (Å²) in [5, 5.41) is 3.05. The molecule has 1 atom stereocenters. The van der Waals surface area contributed by atoms with Gasteiger partial charge in [0.1, 0.15) is 28.7 Å². The van der Waals surface area contributed by atoms with Crippen LogP contribution < -0.4 is 5.32 Å². The largest absolute Gasteiger partial charge is 0.456 e. The van der Waals surface area contributed by atoms with Gasteiger partial charge in [-0.15, -0.1) is 0 Å². The van der Waals surface area contributed by atoms with Gasteiger partial charge in [0.05, 0.1) is 23.4 Å². The van der Waals surface area contributed by atoms with Gasteiger partial charge in [-0.1, -0.05) is 0 Å². The van der Waals surface area contributed by atoms with Gasteiger partial charge in [0.15, 0.2) is 0 Å². The van der Waals surface area contributed by atoms with Gasteiger partial charge in [-0.05, 0) is 78.8 Å². The van der Waals surface area contributed by atoms with Crippen molar-refractivity contribution in [2.24, 2.45) is 0 Å². The van der Waals surface area contributed by atoms with E-state index in [0.29, 0.717) is 23.9 Å². The first-order valence-electron chi connectivity index (χ1n) is 11.0. The Morgan fingerprint density at radius 3 is 1.74 bits per heavy atom. The maximum Gasteiger partial charge on any atom is 0.341 e. The van der Waals surface area contributed by atoms with Crippen molar-refractivity contribution in [2.75, 3.05) is 19.0 Å². The molecule has 0 aliphatic carbocycles. The molecule has 0 radical (unpaired) electrons. The fourth-order valence-electron chi connectivity index (χ4n) is 2.69. The molecule has 0 aliphatic rings. The number of carbonyl (C=O) groups is 2. The van der Waals surface area contributed by atoms with E-state index in [1.54, 1.807) is 48.7 Å². The van der Waals surface area contributed by atoms with Crippen LogP contribution >= 0.6 is 0 Å². The molecule has 0 fully saturated rings. The highest BCUT2D eigenvalue weighted by molar-refractivity contribution is 5.96. The third-order valence-electron chi connectivity index (χ3n) is 3.97. The van der Waals surface area contributed by atoms with Crippen molar-refractivity contribution in [3.05, 3.63) is 65.0 Å². The highest BCUT2D eigenvalue weighted by Crippen LogP contribution is 2.22. The van der Waals surface area contributed by atoms with Gasteiger partial charge in [-0.2, -0.15) is 0 Å². The minimum atomic E-state index is -0.913. The molecule has 35 heavy (non-hydrogen) atoms. The molecule has 9 heteroatoms. The number of methoxy groups -OCH3 is 1. The van der Waals surface area contributed by atoms with Gasteiger partial charge in [0, 0.05) is 19.2 Å². The van der Waals surface area contributed by atoms with Gasteiger partial charge in [0.25, 0.3) is 0 Å². The lowest BCUT2D eigenvalue weighted by Gasteiger charge is -2.22. The lowest BCUT2D eigenvalue weighted by molar-refractivity contribution is 0.00544. The van der Waals surface area contributed by atoms with Gasteiger partial charge < -0.3 is 19.5 Å². The van der Waals surface area contributed by atoms with Crippen LogP contribution in [0.2, 0.25) is 0 Å². The number of hydrogen-bond acceptors (Lipinski definition) is 6. The Bertz CT molecular complexity index is 1010. The second-order valence-electron chi connectivity index (χ2n) is 9.82. The van der Waals surface area contributed by atoms with Crippen LogP contribution in [0.15, 0.2) is 36.4 Å². The summed E-state index contributed by atoms with van der Waals surface area (Å²) in [6.07, 6.45) is 0. The predicted octanol–water partition coefficient (Wildman–Crippen LogP) is 6.15. The van der Waals surface area contributed by atoms with Crippen molar-refractivity contribution >= 4 is 17.6 Å². The minimum Gasteiger partial charge on any atom is -0.456 e. The molecule has 2 aromatic carbocycles. The summed E-state index contributed by atoms with van der Waals surface area (Å²) >= 11 is 0. The van der Waals surface area contributed by atoms with E-state index in [9.17, 15) is 22.8 Å². The van der Waals surface area contributed by atoms with E-state index in [1.807, 2.05) is 6.92 Å². The lowest BCUT2D eigenvalue weighted by atomic mass is 10.1. The van der Waals surface area contributed by atoms with Crippen LogP contribution in [-0.4, -0.2) is 42.9 Å². The Labute approximate surface area is 204 Å². The van der Waals surface area contributed by atoms with E-state index >= 15 is 0 Å². The van der Waals surface area contributed by atoms with Gasteiger partial charge in [-0.25, -0.2) is 22.8 Å². The normalized spacial score (nSPS) is 12.2. The van der Waals surface area contributed by atoms with Gasteiger partial charge in [0.2, 0.25) is 0 Å². The second-order valence-corrected chi connectivity index (χ2v) is 9.82. The summed E-state index contributed by atoms with van der Waals surface area (Å²) in [4.78, 5) is 23.5. The van der Waals surface area contributed by atoms with Crippen LogP contribution in [-0.2, 0) is 14.2 Å². The number of hydrogen-bond donors (Lipinski definition) is 1. The van der Waals surface area contributed by atoms with Crippen LogP contribution in [0.25, 0.3) is 0 Å². The lowest BCUT2D eigenvalue weighted by Crippen LogP contribution is -2.26. The fourth-order valence-corrected chi connectivity index (χ4v) is 2.69. The number of nitrogens with one attached hydrogen (secondary N) is 1. The minimum absolute atomic E-state index is 0.0528. The van der Waals surface area contributed by atoms with Crippen molar-refractivity contribution < 1.29 is 37.0 Å². The summed E-state index contributed by atoms with van der Waals surface area (Å²) in [7, 11) is 1.58. The van der Waals surface area contributed by atoms with Crippen LogP contribution in [0, 0.1) is 17.5 Å². The van der Waals surface area contributed by atoms with Crippen molar-refractivity contribution in [1.29, 1.82) is 0 Å². The van der Waals surface area contributed by atoms with Crippen LogP contribution in [0.4, 0.5) is 18.9 Å². The molecule has 0 aromatic heterocycles. The zero-order valence-corrected chi connectivity index (χ0v) is 21.4. The highest BCUT2D eigenvalue weighted by atomic mass is 19.1. The van der Waals surface area contributed by atoms with Crippen molar-refractivity contribution in [2.45, 2.75) is 65.7 Å². The fraction of sp³-hybridized carbons (Fsp3) is 0.462. The Kier molecular flexibility index (Phi) is 10.8. The number of ether oxygens (including phenoxy) is 3. The van der Waals surface area contributed by atoms with E-state index in [0.717, 1.165) is 12.1 Å². The molecule has 2 rings (SSSR count). The number of anilines is 1. The molecular formula is C26H34F3NO5. The second kappa shape index (κ2) is 12.6. The molecular weight excluding hydrogens is 463 g/mol. The van der Waals surface area contributed by atoms with Crippen LogP contribution in [0.1, 0.15) is 69.2 Å². The third-order valence-corrected chi connectivity index (χ3v) is 3.97. The average molecular weight is 498 g/mol. The van der Waals surface area contributed by atoms with E-state index in [-0.39, 0.29) is 11.6 Å². The van der Waals surface area contributed by atoms with Crippen LogP contribution in [0.3, 0.4) is 0 Å². The molecule has 1 N–H and O–H groups in total. The number of esters is 2. The Morgan fingerprint density at radius 1 is 0.829 bits per heavy atom. The van der Waals surface area contributed by atoms with Crippen molar-refractivity contribution in [3.63, 3.8) is 0 Å². The monoisotopic (exact) mass is 497 g/mol. The summed E-state index contributed by atoms with van der Waals surface area (Å²) in [5.41, 5.74) is -0.835. The summed E-state index contributed by atoms with van der Waals surface area (Å²) < 4.78 is 54.3. The van der Waals surface area contributed by atoms with E-state index in [4.69, 9.17) is 14.2 Å². The van der Waals surface area contributed by atoms with Crippen molar-refractivity contribution in [1.82, 2.24) is 0 Å². The quantitative estimate of drug-likeness (QED) is 0.483. The first kappa shape index (κ1) is 30.0. The molecule has 0 bridgehead atoms. The number of benzene rings is 2. The third kappa shape index (κ3) is 11.3. The van der Waals surface area contributed by atoms with E-state index in [1.165, 1.54) is 18.2 Å². The summed E-state index contributed by atoms with van der Waals surface area (Å²) in [5.74, 6) is -3.32. The maximum absolute atomic E-state index is 13.4. The smallest absolute Gasteiger partial charge is 0.341 e. The molecule has 0 saturated carbocycles. The Morgan fingerprint density at radius 2 is 1.29 bits per heavy atom. The summed E-state index contributed by atoms with van der Waals surface area (Å²) in [6.45, 7) is 12.7. The molecule has 0 aliphatic heterocycles. The molecule has 0 unspecified atom stereocenters. The topological polar surface area (TPSA) is 73.9 Å². The standard InChI is InChI=1S/C15H22FNO3.C11H12F2O2/c1-10(9-19-5)17-13-8-11(16)6-7-12(13)14(18)20-15(2,3)4;1-11(2,3)15-10(14)8-5-4-7(12)6-9(8)13/h6-8,10,17H,9H2,1-5H3;4-6H,1-3H3/t10-;/m0./s1. The Balaban J connectivity index is 0.000000365. The summed E-state index contributed by atoms with van der Waals surface area (Å²) in [6, 6.07) is 6.63. The molecule has 6 nitrogen and oxygen atoms in total. The van der Waals surface area contributed by atoms with Crippen molar-refractivity contribution in [3.8, 4) is 0 Å². The molecule has 0 heterocycles. The van der Waals surface area contributed by atoms with E-state index < -0.39 is 40.6 Å². The first-order chi connectivity index (χ1) is 16.0. The Hall–Kier alpha value is -3.07. The van der Waals surface area contributed by atoms with Gasteiger partial charge >= 0.3 is 11.9 Å². The zero-order valence-electron chi connectivity index (χ0n) is 21.4. The molecule has 0 spiro atoms. The number of halogens is 3. The number of carbonyl (C=O) groups excluding carboxylic acids is 2.